The van der Waals surface area contributed by atoms with Gasteiger partial charge in [-0.25, -0.2) is 0 Å². The molecule has 0 rings (SSSR count). The molecule has 0 spiro atoms. The van der Waals surface area contributed by atoms with Crippen LogP contribution in [0.4, 0.5) is 13.2 Å². The molecule has 0 aliphatic carbocycles. The van der Waals surface area contributed by atoms with E-state index in [9.17, 15) is 13.2 Å². The molecule has 54 valence electrons. The van der Waals surface area contributed by atoms with Gasteiger partial charge in [0.15, 0.2) is 0 Å². The molecule has 0 aliphatic rings. The number of alkyl halides is 3. The predicted octanol–water partition coefficient (Wildman–Crippen LogP) is 1.49. The minimum absolute atomic E-state index is 0.160. The van der Waals surface area contributed by atoms with Crippen molar-refractivity contribution in [3.63, 3.8) is 0 Å². The fourth-order valence-electron chi connectivity index (χ4n) is 0.225. The standard InChI is InChI=1S/C4H6F3NS/c1-3(9)8-2-4(5,6)7/h2H2,1H3,(H,8,9). The highest BCUT2D eigenvalue weighted by Gasteiger charge is 2.26. The Kier molecular flexibility index (Phi) is 2.90. The van der Waals surface area contributed by atoms with Crippen molar-refractivity contribution in [2.45, 2.75) is 13.1 Å². The summed E-state index contributed by atoms with van der Waals surface area (Å²) in [6.07, 6.45) is -4.17. The molecule has 1 N–H and O–H groups in total. The molecule has 0 amide bonds. The quantitative estimate of drug-likeness (QED) is 0.579. The van der Waals surface area contributed by atoms with Crippen LogP contribution in [0.2, 0.25) is 0 Å². The fraction of sp³-hybridized carbons (Fsp3) is 0.750. The van der Waals surface area contributed by atoms with Gasteiger partial charge in [-0.2, -0.15) is 13.2 Å². The van der Waals surface area contributed by atoms with E-state index in [1.54, 1.807) is 0 Å². The van der Waals surface area contributed by atoms with E-state index in [1.807, 2.05) is 5.32 Å². The number of thiocarbonyl (C=S) groups is 1. The molecule has 0 atom stereocenters. The van der Waals surface area contributed by atoms with E-state index in [-0.39, 0.29) is 4.99 Å². The van der Waals surface area contributed by atoms with Gasteiger partial charge in [-0.15, -0.1) is 0 Å². The van der Waals surface area contributed by atoms with Gasteiger partial charge in [-0.1, -0.05) is 12.2 Å². The Bertz CT molecular complexity index is 109. The average molecular weight is 157 g/mol. The molecule has 0 bridgehead atoms. The van der Waals surface area contributed by atoms with E-state index in [2.05, 4.69) is 12.2 Å². The molecule has 0 unspecified atom stereocenters. The van der Waals surface area contributed by atoms with E-state index < -0.39 is 12.7 Å². The van der Waals surface area contributed by atoms with Crippen molar-refractivity contribution in [3.05, 3.63) is 0 Å². The van der Waals surface area contributed by atoms with E-state index in [0.29, 0.717) is 0 Å². The van der Waals surface area contributed by atoms with Gasteiger partial charge in [0, 0.05) is 0 Å². The maximum atomic E-state index is 11.3. The summed E-state index contributed by atoms with van der Waals surface area (Å²) in [6.45, 7) is 0.364. The zero-order valence-corrected chi connectivity index (χ0v) is 5.57. The Morgan fingerprint density at radius 2 is 2.00 bits per heavy atom. The zero-order chi connectivity index (χ0) is 7.49. The molecule has 0 aromatic heterocycles. The number of halogens is 3. The summed E-state index contributed by atoms with van der Waals surface area (Å²) in [4.78, 5) is 0.160. The molecule has 0 heterocycles. The van der Waals surface area contributed by atoms with E-state index in [1.165, 1.54) is 6.92 Å². The molecule has 0 saturated heterocycles. The maximum Gasteiger partial charge on any atom is 0.405 e. The van der Waals surface area contributed by atoms with Crippen molar-refractivity contribution in [1.29, 1.82) is 0 Å². The minimum atomic E-state index is -4.17. The van der Waals surface area contributed by atoms with Crippen molar-refractivity contribution >= 4 is 17.2 Å². The lowest BCUT2D eigenvalue weighted by Crippen LogP contribution is -2.30. The van der Waals surface area contributed by atoms with Crippen molar-refractivity contribution in [3.8, 4) is 0 Å². The second-order valence-corrected chi connectivity index (χ2v) is 2.14. The Labute approximate surface area is 56.2 Å². The zero-order valence-electron chi connectivity index (χ0n) is 4.75. The highest BCUT2D eigenvalue weighted by Crippen LogP contribution is 2.11. The molecule has 0 saturated carbocycles. The Balaban J connectivity index is 3.39. The highest BCUT2D eigenvalue weighted by molar-refractivity contribution is 7.80. The van der Waals surface area contributed by atoms with Crippen LogP contribution < -0.4 is 5.32 Å². The third kappa shape index (κ3) is 7.68. The number of rotatable bonds is 1. The lowest BCUT2D eigenvalue weighted by molar-refractivity contribution is -0.121. The normalized spacial score (nSPS) is 11.1. The van der Waals surface area contributed by atoms with Crippen LogP contribution in [0.1, 0.15) is 6.92 Å². The first-order valence-corrected chi connectivity index (χ1v) is 2.64. The second kappa shape index (κ2) is 3.00. The van der Waals surface area contributed by atoms with Crippen molar-refractivity contribution in [2.75, 3.05) is 6.54 Å². The van der Waals surface area contributed by atoms with Gasteiger partial charge >= 0.3 is 6.18 Å². The Morgan fingerprint density at radius 3 is 2.11 bits per heavy atom. The average Bonchev–Trinajstić information content (AvgIpc) is 1.59. The third-order valence-electron chi connectivity index (χ3n) is 0.538. The summed E-state index contributed by atoms with van der Waals surface area (Å²) in [5, 5.41) is 1.99. The van der Waals surface area contributed by atoms with E-state index >= 15 is 0 Å². The lowest BCUT2D eigenvalue weighted by atomic mass is 10.6. The van der Waals surface area contributed by atoms with Crippen LogP contribution in [0.15, 0.2) is 0 Å². The van der Waals surface area contributed by atoms with Crippen LogP contribution in [0.3, 0.4) is 0 Å². The van der Waals surface area contributed by atoms with Gasteiger partial charge in [-0.05, 0) is 6.92 Å². The largest absolute Gasteiger partial charge is 0.405 e. The molecular weight excluding hydrogens is 151 g/mol. The van der Waals surface area contributed by atoms with Gasteiger partial charge < -0.3 is 5.32 Å². The van der Waals surface area contributed by atoms with Crippen LogP contribution >= 0.6 is 12.2 Å². The number of hydrogen-bond acceptors (Lipinski definition) is 1. The SMILES string of the molecule is CC(=S)NCC(F)(F)F. The second-order valence-electron chi connectivity index (χ2n) is 1.52. The summed E-state index contributed by atoms with van der Waals surface area (Å²) in [5.74, 6) is 0. The Hall–Kier alpha value is -0.320. The molecule has 0 aliphatic heterocycles. The molecule has 5 heteroatoms. The van der Waals surface area contributed by atoms with Gasteiger partial charge in [0.2, 0.25) is 0 Å². The van der Waals surface area contributed by atoms with E-state index in [0.717, 1.165) is 0 Å². The molecular formula is C4H6F3NS. The maximum absolute atomic E-state index is 11.3. The topological polar surface area (TPSA) is 12.0 Å². The molecule has 0 aromatic rings. The number of nitrogens with one attached hydrogen (secondary N) is 1. The van der Waals surface area contributed by atoms with Crippen LogP contribution in [0.25, 0.3) is 0 Å². The van der Waals surface area contributed by atoms with Gasteiger partial charge in [0.25, 0.3) is 0 Å². The highest BCUT2D eigenvalue weighted by atomic mass is 32.1. The van der Waals surface area contributed by atoms with Crippen molar-refractivity contribution in [1.82, 2.24) is 5.32 Å². The fourth-order valence-corrected chi connectivity index (χ4v) is 0.297. The molecule has 0 radical (unpaired) electrons. The smallest absolute Gasteiger partial charge is 0.371 e. The van der Waals surface area contributed by atoms with Gasteiger partial charge in [0.05, 0.1) is 4.99 Å². The third-order valence-corrected chi connectivity index (χ3v) is 0.682. The summed E-state index contributed by atoms with van der Waals surface area (Å²) < 4.78 is 33.9. The van der Waals surface area contributed by atoms with Gasteiger partial charge in [-0.3, -0.25) is 0 Å². The summed E-state index contributed by atoms with van der Waals surface area (Å²) in [6, 6.07) is 0. The van der Waals surface area contributed by atoms with Gasteiger partial charge in [0.1, 0.15) is 6.54 Å². The van der Waals surface area contributed by atoms with Crippen LogP contribution in [0, 0.1) is 0 Å². The molecule has 1 nitrogen and oxygen atoms in total. The van der Waals surface area contributed by atoms with Crippen LogP contribution in [-0.2, 0) is 0 Å². The number of hydrogen-bond donors (Lipinski definition) is 1. The minimum Gasteiger partial charge on any atom is -0.371 e. The Morgan fingerprint density at radius 1 is 1.56 bits per heavy atom. The lowest BCUT2D eigenvalue weighted by Gasteiger charge is -2.06. The first-order valence-electron chi connectivity index (χ1n) is 2.23. The molecule has 0 fully saturated rings. The monoisotopic (exact) mass is 157 g/mol. The van der Waals surface area contributed by atoms with Crippen molar-refractivity contribution < 1.29 is 13.2 Å². The van der Waals surface area contributed by atoms with Crippen molar-refractivity contribution in [2.24, 2.45) is 0 Å². The molecule has 0 aromatic carbocycles. The first kappa shape index (κ1) is 8.68. The predicted molar refractivity (Wildman–Crippen MR) is 32.3 cm³/mol. The van der Waals surface area contributed by atoms with E-state index in [4.69, 9.17) is 0 Å². The first-order chi connectivity index (χ1) is 3.92. The molecule has 9 heavy (non-hydrogen) atoms. The summed E-state index contributed by atoms with van der Waals surface area (Å²) in [5.41, 5.74) is 0. The van der Waals surface area contributed by atoms with Crippen LogP contribution in [-0.4, -0.2) is 17.7 Å². The summed E-state index contributed by atoms with van der Waals surface area (Å²) in [7, 11) is 0. The van der Waals surface area contributed by atoms with Crippen LogP contribution in [0.5, 0.6) is 0 Å². The summed E-state index contributed by atoms with van der Waals surface area (Å²) >= 11 is 4.35.